The fraction of sp³-hybridized carbons (Fsp3) is 0.889. The number of Topliss-reactive ketones (excluding diaryl/α,β-unsaturated/α-hetero) is 1. The fourth-order valence-electron chi connectivity index (χ4n) is 1.64. The summed E-state index contributed by atoms with van der Waals surface area (Å²) < 4.78 is 0. The van der Waals surface area contributed by atoms with Gasteiger partial charge in [0.25, 0.3) is 0 Å². The number of carbonyl (C=O) groups excluding carboxylic acids is 1. The van der Waals surface area contributed by atoms with Gasteiger partial charge in [0.1, 0.15) is 5.78 Å². The third kappa shape index (κ3) is 1.52. The first-order valence-corrected chi connectivity index (χ1v) is 4.43. The molecule has 70 valence electrons. The average Bonchev–Trinajstić information content (AvgIpc) is 2.01. The minimum Gasteiger partial charge on any atom is -0.329 e. The largest absolute Gasteiger partial charge is 0.329 e. The van der Waals surface area contributed by atoms with Gasteiger partial charge in [-0.2, -0.15) is 0 Å². The minimum atomic E-state index is -0.304. The van der Waals surface area contributed by atoms with Gasteiger partial charge in [0, 0.05) is 25.6 Å². The van der Waals surface area contributed by atoms with Crippen LogP contribution in [-0.2, 0) is 4.79 Å². The molecule has 0 saturated carbocycles. The highest BCUT2D eigenvalue weighted by atomic mass is 16.1. The van der Waals surface area contributed by atoms with Crippen LogP contribution in [0.4, 0.5) is 0 Å². The zero-order valence-corrected chi connectivity index (χ0v) is 8.13. The minimum absolute atomic E-state index is 0.304. The molecule has 3 heteroatoms. The second-order valence-electron chi connectivity index (χ2n) is 4.16. The Morgan fingerprint density at radius 1 is 1.75 bits per heavy atom. The number of rotatable bonds is 1. The lowest BCUT2D eigenvalue weighted by Crippen LogP contribution is -2.53. The predicted molar refractivity (Wildman–Crippen MR) is 48.9 cm³/mol. The molecule has 0 aromatic rings. The number of hydrogen-bond acceptors (Lipinski definition) is 3. The Morgan fingerprint density at radius 2 is 2.33 bits per heavy atom. The van der Waals surface area contributed by atoms with Crippen molar-refractivity contribution in [3.8, 4) is 0 Å². The number of ketones is 1. The van der Waals surface area contributed by atoms with Gasteiger partial charge in [0.05, 0.1) is 5.41 Å². The Kier molecular flexibility index (Phi) is 2.54. The van der Waals surface area contributed by atoms with E-state index in [1.165, 1.54) is 0 Å². The molecule has 2 atom stereocenters. The van der Waals surface area contributed by atoms with E-state index in [1.807, 2.05) is 14.0 Å². The maximum absolute atomic E-state index is 11.6. The summed E-state index contributed by atoms with van der Waals surface area (Å²) in [7, 11) is 2.05. The number of hydrogen-bond donors (Lipinski definition) is 1. The van der Waals surface area contributed by atoms with Crippen LogP contribution in [0.3, 0.4) is 0 Å². The molecule has 1 saturated heterocycles. The SMILES string of the molecule is CC1CC(=O)C(C)(CN)CN1C. The number of nitrogens with zero attached hydrogens (tertiary/aromatic N) is 1. The number of likely N-dealkylation sites (tertiary alicyclic amines) is 1. The van der Waals surface area contributed by atoms with E-state index in [4.69, 9.17) is 5.73 Å². The Hall–Kier alpha value is -0.410. The van der Waals surface area contributed by atoms with Crippen LogP contribution < -0.4 is 5.73 Å². The Labute approximate surface area is 73.9 Å². The first-order valence-electron chi connectivity index (χ1n) is 4.43. The van der Waals surface area contributed by atoms with Gasteiger partial charge in [-0.25, -0.2) is 0 Å². The molecule has 0 bridgehead atoms. The topological polar surface area (TPSA) is 46.3 Å². The molecule has 1 rings (SSSR count). The van der Waals surface area contributed by atoms with Crippen molar-refractivity contribution in [1.82, 2.24) is 4.90 Å². The highest BCUT2D eigenvalue weighted by Crippen LogP contribution is 2.26. The molecular formula is C9H18N2O. The predicted octanol–water partition coefficient (Wildman–Crippen LogP) is 0.244. The molecule has 0 aliphatic carbocycles. The van der Waals surface area contributed by atoms with Crippen molar-refractivity contribution in [2.75, 3.05) is 20.1 Å². The van der Waals surface area contributed by atoms with Crippen molar-refractivity contribution in [1.29, 1.82) is 0 Å². The van der Waals surface area contributed by atoms with E-state index in [1.54, 1.807) is 0 Å². The molecule has 0 spiro atoms. The summed E-state index contributed by atoms with van der Waals surface area (Å²) in [5, 5.41) is 0. The number of carbonyl (C=O) groups is 1. The van der Waals surface area contributed by atoms with Crippen LogP contribution in [-0.4, -0.2) is 36.9 Å². The molecule has 2 unspecified atom stereocenters. The second-order valence-corrected chi connectivity index (χ2v) is 4.16. The summed E-state index contributed by atoms with van der Waals surface area (Å²) in [6, 6.07) is 0.372. The molecule has 12 heavy (non-hydrogen) atoms. The third-order valence-electron chi connectivity index (χ3n) is 2.96. The van der Waals surface area contributed by atoms with E-state index in [2.05, 4.69) is 11.8 Å². The van der Waals surface area contributed by atoms with Gasteiger partial charge in [0.2, 0.25) is 0 Å². The van der Waals surface area contributed by atoms with Gasteiger partial charge in [0.15, 0.2) is 0 Å². The highest BCUT2D eigenvalue weighted by molar-refractivity contribution is 5.86. The van der Waals surface area contributed by atoms with Gasteiger partial charge < -0.3 is 10.6 Å². The van der Waals surface area contributed by atoms with Gasteiger partial charge in [-0.3, -0.25) is 4.79 Å². The lowest BCUT2D eigenvalue weighted by atomic mass is 9.79. The van der Waals surface area contributed by atoms with Crippen LogP contribution in [0, 0.1) is 5.41 Å². The van der Waals surface area contributed by atoms with E-state index in [0.717, 1.165) is 6.54 Å². The summed E-state index contributed by atoms with van der Waals surface area (Å²) >= 11 is 0. The van der Waals surface area contributed by atoms with Crippen LogP contribution in [0.15, 0.2) is 0 Å². The molecule has 1 heterocycles. The van der Waals surface area contributed by atoms with Crippen LogP contribution in [0.2, 0.25) is 0 Å². The van der Waals surface area contributed by atoms with Gasteiger partial charge in [-0.1, -0.05) is 6.92 Å². The molecule has 3 nitrogen and oxygen atoms in total. The van der Waals surface area contributed by atoms with E-state index >= 15 is 0 Å². The smallest absolute Gasteiger partial charge is 0.142 e. The molecule has 0 radical (unpaired) electrons. The average molecular weight is 170 g/mol. The van der Waals surface area contributed by atoms with Crippen LogP contribution in [0.25, 0.3) is 0 Å². The summed E-state index contributed by atoms with van der Waals surface area (Å²) in [6.45, 7) is 5.29. The van der Waals surface area contributed by atoms with E-state index in [-0.39, 0.29) is 5.41 Å². The molecule has 0 aromatic carbocycles. The lowest BCUT2D eigenvalue weighted by Gasteiger charge is -2.40. The molecule has 1 fully saturated rings. The van der Waals surface area contributed by atoms with Crippen LogP contribution in [0.1, 0.15) is 20.3 Å². The summed E-state index contributed by atoms with van der Waals surface area (Å²) in [6.07, 6.45) is 0.643. The Bertz CT molecular complexity index is 193. The first kappa shape index (κ1) is 9.68. The number of piperidine rings is 1. The quantitative estimate of drug-likeness (QED) is 0.613. The normalized spacial score (nSPS) is 38.7. The highest BCUT2D eigenvalue weighted by Gasteiger charge is 2.38. The third-order valence-corrected chi connectivity index (χ3v) is 2.96. The van der Waals surface area contributed by atoms with Crippen molar-refractivity contribution < 1.29 is 4.79 Å². The van der Waals surface area contributed by atoms with E-state index in [0.29, 0.717) is 24.8 Å². The summed E-state index contributed by atoms with van der Waals surface area (Å²) in [4.78, 5) is 13.8. The molecular weight excluding hydrogens is 152 g/mol. The monoisotopic (exact) mass is 170 g/mol. The number of nitrogens with two attached hydrogens (primary N) is 1. The van der Waals surface area contributed by atoms with Crippen molar-refractivity contribution in [3.63, 3.8) is 0 Å². The van der Waals surface area contributed by atoms with Crippen LogP contribution >= 0.6 is 0 Å². The van der Waals surface area contributed by atoms with Crippen molar-refractivity contribution in [2.24, 2.45) is 11.1 Å². The van der Waals surface area contributed by atoms with Crippen molar-refractivity contribution in [2.45, 2.75) is 26.3 Å². The van der Waals surface area contributed by atoms with Crippen molar-refractivity contribution >= 4 is 5.78 Å². The molecule has 1 aliphatic rings. The lowest BCUT2D eigenvalue weighted by molar-refractivity contribution is -0.133. The zero-order valence-electron chi connectivity index (χ0n) is 8.13. The standard InChI is InChI=1S/C9H18N2O/c1-7-4-8(12)9(2,5-10)6-11(7)3/h7H,4-6,10H2,1-3H3. The van der Waals surface area contributed by atoms with E-state index in [9.17, 15) is 4.79 Å². The van der Waals surface area contributed by atoms with Crippen LogP contribution in [0.5, 0.6) is 0 Å². The van der Waals surface area contributed by atoms with E-state index < -0.39 is 0 Å². The second kappa shape index (κ2) is 3.15. The maximum atomic E-state index is 11.6. The van der Waals surface area contributed by atoms with Crippen molar-refractivity contribution in [3.05, 3.63) is 0 Å². The molecule has 0 amide bonds. The summed E-state index contributed by atoms with van der Waals surface area (Å²) in [5.41, 5.74) is 5.28. The van der Waals surface area contributed by atoms with Gasteiger partial charge in [-0.15, -0.1) is 0 Å². The Morgan fingerprint density at radius 3 is 2.83 bits per heavy atom. The molecule has 1 aliphatic heterocycles. The van der Waals surface area contributed by atoms with Gasteiger partial charge >= 0.3 is 0 Å². The maximum Gasteiger partial charge on any atom is 0.142 e. The summed E-state index contributed by atoms with van der Waals surface area (Å²) in [5.74, 6) is 0.315. The zero-order chi connectivity index (χ0) is 9.35. The Balaban J connectivity index is 2.74. The van der Waals surface area contributed by atoms with Gasteiger partial charge in [-0.05, 0) is 14.0 Å². The first-order chi connectivity index (χ1) is 5.49. The molecule has 0 aromatic heterocycles. The fourth-order valence-corrected chi connectivity index (χ4v) is 1.64. The molecule has 2 N–H and O–H groups in total.